The second-order valence-corrected chi connectivity index (χ2v) is 7.46. The van der Waals surface area contributed by atoms with Crippen LogP contribution < -0.4 is 10.2 Å². The molecule has 0 spiro atoms. The number of aryl methyl sites for hydroxylation is 1. The van der Waals surface area contributed by atoms with Gasteiger partial charge in [0, 0.05) is 38.9 Å². The topological polar surface area (TPSA) is 79.2 Å². The molecule has 2 aromatic rings. The molecule has 1 N–H and O–H groups in total. The number of carbonyl (C=O) groups excluding carboxylic acids is 1. The Bertz CT molecular complexity index is 776. The molecule has 0 bridgehead atoms. The third-order valence-corrected chi connectivity index (χ3v) is 5.45. The van der Waals surface area contributed by atoms with E-state index >= 15 is 0 Å². The fourth-order valence-electron chi connectivity index (χ4n) is 3.92. The lowest BCUT2D eigenvalue weighted by Gasteiger charge is -2.35. The molecule has 27 heavy (non-hydrogen) atoms. The third-order valence-electron chi connectivity index (χ3n) is 5.45. The van der Waals surface area contributed by atoms with Gasteiger partial charge in [-0.1, -0.05) is 11.3 Å². The molecule has 1 amide bonds. The molecular formula is C19H27N7O. The highest BCUT2D eigenvalue weighted by Crippen LogP contribution is 2.18. The van der Waals surface area contributed by atoms with Crippen LogP contribution in [0.25, 0.3) is 0 Å². The number of hydrogen-bond acceptors (Lipinski definition) is 6. The number of hydrogen-bond donors (Lipinski definition) is 1. The number of pyridine rings is 1. The van der Waals surface area contributed by atoms with E-state index in [0.717, 1.165) is 44.1 Å². The number of anilines is 1. The van der Waals surface area contributed by atoms with E-state index in [1.807, 2.05) is 21.8 Å². The van der Waals surface area contributed by atoms with Gasteiger partial charge in [0.15, 0.2) is 5.69 Å². The average molecular weight is 369 g/mol. The van der Waals surface area contributed by atoms with Crippen molar-refractivity contribution < 1.29 is 4.79 Å². The van der Waals surface area contributed by atoms with Crippen molar-refractivity contribution in [1.29, 1.82) is 0 Å². The molecule has 0 saturated carbocycles. The first kappa shape index (κ1) is 17.9. The Labute approximate surface area is 159 Å². The quantitative estimate of drug-likeness (QED) is 0.864. The number of aromatic nitrogens is 4. The van der Waals surface area contributed by atoms with Gasteiger partial charge >= 0.3 is 0 Å². The maximum atomic E-state index is 12.8. The second kappa shape index (κ2) is 8.04. The lowest BCUT2D eigenvalue weighted by molar-refractivity contribution is 0.0740. The lowest BCUT2D eigenvalue weighted by atomic mass is 10.00. The van der Waals surface area contributed by atoms with Gasteiger partial charge < -0.3 is 15.1 Å². The summed E-state index contributed by atoms with van der Waals surface area (Å²) in [4.78, 5) is 21.4. The van der Waals surface area contributed by atoms with E-state index in [0.29, 0.717) is 24.7 Å². The number of carbonyl (C=O) groups is 1. The Kier molecular flexibility index (Phi) is 5.33. The molecule has 0 unspecified atom stereocenters. The number of nitrogens with zero attached hydrogens (tertiary/aromatic N) is 6. The zero-order chi connectivity index (χ0) is 18.6. The predicted molar refractivity (Wildman–Crippen MR) is 103 cm³/mol. The largest absolute Gasteiger partial charge is 0.353 e. The van der Waals surface area contributed by atoms with Crippen LogP contribution in [0.3, 0.4) is 0 Å². The maximum Gasteiger partial charge on any atom is 0.276 e. The van der Waals surface area contributed by atoms with Gasteiger partial charge in [0.1, 0.15) is 5.82 Å². The van der Waals surface area contributed by atoms with Crippen LogP contribution in [0.1, 0.15) is 28.9 Å². The molecule has 1 atom stereocenters. The van der Waals surface area contributed by atoms with Crippen molar-refractivity contribution in [2.24, 2.45) is 5.92 Å². The standard InChI is InChI=1S/C19H27N7O/c1-15-4-2-7-21-18(15)24-8-10-25(11-9-24)19(27)17-14-26(23-22-17)13-16-5-3-6-20-12-16/h2,4,7,14,16,20H,3,5-6,8-13H2,1H3/t16-/m0/s1. The van der Waals surface area contributed by atoms with Crippen molar-refractivity contribution in [2.45, 2.75) is 26.3 Å². The van der Waals surface area contributed by atoms with Crippen LogP contribution >= 0.6 is 0 Å². The molecule has 0 aliphatic carbocycles. The zero-order valence-electron chi connectivity index (χ0n) is 15.8. The van der Waals surface area contributed by atoms with E-state index in [4.69, 9.17) is 0 Å². The van der Waals surface area contributed by atoms with Gasteiger partial charge in [0.25, 0.3) is 5.91 Å². The minimum atomic E-state index is -0.0274. The second-order valence-electron chi connectivity index (χ2n) is 7.46. The molecule has 144 valence electrons. The summed E-state index contributed by atoms with van der Waals surface area (Å²) < 4.78 is 1.82. The minimum absolute atomic E-state index is 0.0274. The molecule has 4 rings (SSSR count). The van der Waals surface area contributed by atoms with E-state index in [1.165, 1.54) is 12.8 Å². The molecule has 0 radical (unpaired) electrons. The number of amides is 1. The van der Waals surface area contributed by atoms with Crippen molar-refractivity contribution >= 4 is 11.7 Å². The van der Waals surface area contributed by atoms with Crippen LogP contribution in [0.15, 0.2) is 24.5 Å². The Morgan fingerprint density at radius 3 is 2.89 bits per heavy atom. The average Bonchev–Trinajstić information content (AvgIpc) is 3.17. The van der Waals surface area contributed by atoms with Crippen molar-refractivity contribution in [2.75, 3.05) is 44.2 Å². The number of nitrogens with one attached hydrogen (secondary N) is 1. The first-order chi connectivity index (χ1) is 13.2. The first-order valence-electron chi connectivity index (χ1n) is 9.77. The molecule has 2 saturated heterocycles. The van der Waals surface area contributed by atoms with Crippen molar-refractivity contribution in [3.05, 3.63) is 35.8 Å². The van der Waals surface area contributed by atoms with Gasteiger partial charge in [-0.3, -0.25) is 9.48 Å². The third kappa shape index (κ3) is 4.10. The summed E-state index contributed by atoms with van der Waals surface area (Å²) in [6.45, 7) is 7.92. The number of piperazine rings is 1. The fraction of sp³-hybridized carbons (Fsp3) is 0.579. The van der Waals surface area contributed by atoms with Gasteiger partial charge in [0.2, 0.25) is 0 Å². The van der Waals surface area contributed by atoms with Crippen LogP contribution in [0, 0.1) is 12.8 Å². The van der Waals surface area contributed by atoms with E-state index < -0.39 is 0 Å². The summed E-state index contributed by atoms with van der Waals surface area (Å²) in [5.74, 6) is 1.55. The van der Waals surface area contributed by atoms with Gasteiger partial charge in [-0.05, 0) is 50.4 Å². The first-order valence-corrected chi connectivity index (χ1v) is 9.77. The van der Waals surface area contributed by atoms with Crippen molar-refractivity contribution in [1.82, 2.24) is 30.2 Å². The summed E-state index contributed by atoms with van der Waals surface area (Å²) in [5, 5.41) is 11.7. The SMILES string of the molecule is Cc1cccnc1N1CCN(C(=O)c2cn(C[C@H]3CCCNC3)nn2)CC1. The van der Waals surface area contributed by atoms with Gasteiger partial charge in [-0.25, -0.2) is 4.98 Å². The lowest BCUT2D eigenvalue weighted by Crippen LogP contribution is -2.49. The molecule has 4 heterocycles. The van der Waals surface area contributed by atoms with E-state index in [9.17, 15) is 4.79 Å². The van der Waals surface area contributed by atoms with Crippen molar-refractivity contribution in [3.63, 3.8) is 0 Å². The predicted octanol–water partition coefficient (Wildman–Crippen LogP) is 0.944. The van der Waals surface area contributed by atoms with Crippen molar-refractivity contribution in [3.8, 4) is 0 Å². The van der Waals surface area contributed by atoms with Crippen LogP contribution in [0.4, 0.5) is 5.82 Å². The van der Waals surface area contributed by atoms with Gasteiger partial charge in [-0.2, -0.15) is 0 Å². The van der Waals surface area contributed by atoms with Gasteiger partial charge in [0.05, 0.1) is 6.20 Å². The smallest absolute Gasteiger partial charge is 0.276 e. The number of rotatable bonds is 4. The molecular weight excluding hydrogens is 342 g/mol. The highest BCUT2D eigenvalue weighted by molar-refractivity contribution is 5.92. The Morgan fingerprint density at radius 2 is 2.15 bits per heavy atom. The summed E-state index contributed by atoms with van der Waals surface area (Å²) in [6, 6.07) is 4.02. The van der Waals surface area contributed by atoms with Crippen LogP contribution in [0.5, 0.6) is 0 Å². The van der Waals surface area contributed by atoms with E-state index in [-0.39, 0.29) is 5.91 Å². The molecule has 0 aromatic carbocycles. The number of piperidine rings is 1. The fourth-order valence-corrected chi connectivity index (χ4v) is 3.92. The van der Waals surface area contributed by atoms with E-state index in [1.54, 1.807) is 6.20 Å². The Morgan fingerprint density at radius 1 is 1.30 bits per heavy atom. The molecule has 2 aliphatic heterocycles. The highest BCUT2D eigenvalue weighted by Gasteiger charge is 2.25. The molecule has 8 nitrogen and oxygen atoms in total. The van der Waals surface area contributed by atoms with Crippen LogP contribution in [-0.4, -0.2) is 70.1 Å². The molecule has 8 heteroatoms. The summed E-state index contributed by atoms with van der Waals surface area (Å²) in [6.07, 6.45) is 6.02. The van der Waals surface area contributed by atoms with E-state index in [2.05, 4.69) is 38.5 Å². The van der Waals surface area contributed by atoms with Crippen LogP contribution in [-0.2, 0) is 6.54 Å². The zero-order valence-corrected chi connectivity index (χ0v) is 15.8. The Hall–Kier alpha value is -2.48. The molecule has 2 aromatic heterocycles. The Balaban J connectivity index is 1.33. The summed E-state index contributed by atoms with van der Waals surface area (Å²) in [7, 11) is 0. The normalized spacial score (nSPS) is 20.7. The minimum Gasteiger partial charge on any atom is -0.353 e. The summed E-state index contributed by atoms with van der Waals surface area (Å²) >= 11 is 0. The monoisotopic (exact) mass is 369 g/mol. The van der Waals surface area contributed by atoms with Gasteiger partial charge in [-0.15, -0.1) is 5.10 Å². The maximum absolute atomic E-state index is 12.8. The molecule has 2 fully saturated rings. The summed E-state index contributed by atoms with van der Waals surface area (Å²) in [5.41, 5.74) is 1.61. The highest BCUT2D eigenvalue weighted by atomic mass is 16.2. The van der Waals surface area contributed by atoms with Crippen LogP contribution in [0.2, 0.25) is 0 Å². The molecule has 2 aliphatic rings.